The van der Waals surface area contributed by atoms with Gasteiger partial charge >= 0.3 is 0 Å². The minimum atomic E-state index is 0. The zero-order valence-electron chi connectivity index (χ0n) is 18.0. The Kier molecular flexibility index (Phi) is 13.3. The summed E-state index contributed by atoms with van der Waals surface area (Å²) in [5.41, 5.74) is 2.48. The zero-order chi connectivity index (χ0) is 20.1. The molecular weight excluding hydrogens is 479 g/mol. The minimum absolute atomic E-state index is 0. The summed E-state index contributed by atoms with van der Waals surface area (Å²) in [6.45, 7) is 6.20. The maximum atomic E-state index is 9.51. The van der Waals surface area contributed by atoms with Crippen LogP contribution in [-0.4, -0.2) is 51.0 Å². The van der Waals surface area contributed by atoms with Crippen molar-refractivity contribution in [2.45, 2.75) is 52.0 Å². The number of aliphatic hydroxyl groups is 1. The highest BCUT2D eigenvalue weighted by atomic mass is 127. The molecule has 166 valence electrons. The van der Waals surface area contributed by atoms with Crippen LogP contribution in [0.1, 0.15) is 51.0 Å². The van der Waals surface area contributed by atoms with Gasteiger partial charge in [-0.05, 0) is 49.3 Å². The highest BCUT2D eigenvalue weighted by Crippen LogP contribution is 2.38. The molecule has 1 fully saturated rings. The fraction of sp³-hybridized carbons (Fsp3) is 0.682. The Morgan fingerprint density at radius 3 is 2.48 bits per heavy atom. The molecule has 0 aliphatic heterocycles. The number of guanidine groups is 1. The van der Waals surface area contributed by atoms with Crippen molar-refractivity contribution in [3.05, 3.63) is 29.8 Å². The highest BCUT2D eigenvalue weighted by molar-refractivity contribution is 14.0. The predicted molar refractivity (Wildman–Crippen MR) is 132 cm³/mol. The molecule has 29 heavy (non-hydrogen) atoms. The number of rotatable bonds is 11. The summed E-state index contributed by atoms with van der Waals surface area (Å²) in [7, 11) is 1.71. The third-order valence-electron chi connectivity index (χ3n) is 5.54. The van der Waals surface area contributed by atoms with E-state index in [4.69, 9.17) is 9.73 Å². The normalized spacial score (nSPS) is 16.0. The summed E-state index contributed by atoms with van der Waals surface area (Å²) < 4.78 is 5.06. The van der Waals surface area contributed by atoms with Crippen LogP contribution >= 0.6 is 24.0 Å². The number of aliphatic hydroxyl groups excluding tert-OH is 1. The van der Waals surface area contributed by atoms with Crippen molar-refractivity contribution in [3.8, 4) is 0 Å². The fourth-order valence-corrected chi connectivity index (χ4v) is 3.86. The van der Waals surface area contributed by atoms with Crippen LogP contribution in [0.4, 0.5) is 5.69 Å². The van der Waals surface area contributed by atoms with Gasteiger partial charge < -0.3 is 25.8 Å². The van der Waals surface area contributed by atoms with Crippen molar-refractivity contribution < 1.29 is 9.84 Å². The molecule has 1 aromatic carbocycles. The first kappa shape index (κ1) is 26.0. The Hall–Kier alpha value is -1.06. The molecule has 0 saturated heterocycles. The monoisotopic (exact) mass is 518 g/mol. The zero-order valence-corrected chi connectivity index (χ0v) is 20.3. The number of halogens is 1. The molecule has 1 aliphatic carbocycles. The fourth-order valence-electron chi connectivity index (χ4n) is 3.86. The first-order chi connectivity index (χ1) is 13.7. The molecule has 0 bridgehead atoms. The molecule has 0 spiro atoms. The molecule has 4 N–H and O–H groups in total. The van der Waals surface area contributed by atoms with Gasteiger partial charge in [0.05, 0.1) is 13.2 Å². The topological polar surface area (TPSA) is 77.9 Å². The molecule has 0 amide bonds. The summed E-state index contributed by atoms with van der Waals surface area (Å²) in [6, 6.07) is 8.38. The van der Waals surface area contributed by atoms with Crippen LogP contribution in [0.5, 0.6) is 0 Å². The number of nitrogens with zero attached hydrogens (tertiary/aromatic N) is 1. The number of hydrogen-bond acceptors (Lipinski definition) is 4. The van der Waals surface area contributed by atoms with Crippen molar-refractivity contribution in [2.75, 3.05) is 45.3 Å². The summed E-state index contributed by atoms with van der Waals surface area (Å²) in [4.78, 5) is 4.76. The van der Waals surface area contributed by atoms with Crippen LogP contribution in [0.3, 0.4) is 0 Å². The highest BCUT2D eigenvalue weighted by Gasteiger charge is 2.31. The standard InChI is InChI=1S/C22H38N4O2.HI/c1-3-23-21(26-18-22(13-15-27)11-5-4-6-12-22)25-17-19-7-9-20(10-8-19)24-14-16-28-2;/h7-10,24,27H,3-6,11-18H2,1-2H3,(H2,23,25,26);1H. The average molecular weight is 518 g/mol. The summed E-state index contributed by atoms with van der Waals surface area (Å²) >= 11 is 0. The molecule has 1 aliphatic rings. The van der Waals surface area contributed by atoms with Crippen LogP contribution in [0, 0.1) is 5.41 Å². The van der Waals surface area contributed by atoms with Crippen molar-refractivity contribution in [1.82, 2.24) is 10.6 Å². The van der Waals surface area contributed by atoms with Gasteiger partial charge in [-0.2, -0.15) is 0 Å². The quantitative estimate of drug-likeness (QED) is 0.155. The third-order valence-corrected chi connectivity index (χ3v) is 5.54. The SMILES string of the molecule is CCNC(=NCc1ccc(NCCOC)cc1)NCC1(CCO)CCCCC1.I. The van der Waals surface area contributed by atoms with Crippen LogP contribution < -0.4 is 16.0 Å². The van der Waals surface area contributed by atoms with Crippen molar-refractivity contribution in [2.24, 2.45) is 10.4 Å². The van der Waals surface area contributed by atoms with E-state index in [1.807, 2.05) is 0 Å². The molecule has 0 heterocycles. The lowest BCUT2D eigenvalue weighted by Gasteiger charge is -2.37. The maximum absolute atomic E-state index is 9.51. The molecule has 7 heteroatoms. The van der Waals surface area contributed by atoms with Gasteiger partial charge in [0, 0.05) is 39.0 Å². The Balaban J connectivity index is 0.00000420. The van der Waals surface area contributed by atoms with Gasteiger partial charge in [-0.1, -0.05) is 31.4 Å². The van der Waals surface area contributed by atoms with Crippen LogP contribution in [0.15, 0.2) is 29.3 Å². The number of methoxy groups -OCH3 is 1. The van der Waals surface area contributed by atoms with Gasteiger partial charge in [0.25, 0.3) is 0 Å². The number of benzene rings is 1. The Bertz CT molecular complexity index is 569. The lowest BCUT2D eigenvalue weighted by atomic mass is 9.72. The van der Waals surface area contributed by atoms with E-state index in [-0.39, 0.29) is 36.0 Å². The molecule has 6 nitrogen and oxygen atoms in total. The third kappa shape index (κ3) is 9.53. The largest absolute Gasteiger partial charge is 0.396 e. The molecule has 0 unspecified atom stereocenters. The maximum Gasteiger partial charge on any atom is 0.191 e. The summed E-state index contributed by atoms with van der Waals surface area (Å²) in [5.74, 6) is 0.854. The van der Waals surface area contributed by atoms with E-state index in [0.29, 0.717) is 13.2 Å². The van der Waals surface area contributed by atoms with Crippen molar-refractivity contribution in [1.29, 1.82) is 0 Å². The summed E-state index contributed by atoms with van der Waals surface area (Å²) in [5, 5.41) is 19.7. The van der Waals surface area contributed by atoms with E-state index < -0.39 is 0 Å². The minimum Gasteiger partial charge on any atom is -0.396 e. The van der Waals surface area contributed by atoms with E-state index >= 15 is 0 Å². The van der Waals surface area contributed by atoms with Gasteiger partial charge in [-0.3, -0.25) is 0 Å². The van der Waals surface area contributed by atoms with Gasteiger partial charge in [0.15, 0.2) is 5.96 Å². The number of nitrogens with one attached hydrogen (secondary N) is 3. The Morgan fingerprint density at radius 2 is 1.86 bits per heavy atom. The number of hydrogen-bond donors (Lipinski definition) is 4. The van der Waals surface area contributed by atoms with Gasteiger partial charge in [0.1, 0.15) is 0 Å². The van der Waals surface area contributed by atoms with Gasteiger partial charge in [0.2, 0.25) is 0 Å². The Morgan fingerprint density at radius 1 is 1.14 bits per heavy atom. The second-order valence-electron chi connectivity index (χ2n) is 7.70. The van der Waals surface area contributed by atoms with Gasteiger partial charge in [-0.25, -0.2) is 4.99 Å². The van der Waals surface area contributed by atoms with E-state index in [9.17, 15) is 5.11 Å². The molecule has 0 atom stereocenters. The van der Waals surface area contributed by atoms with Gasteiger partial charge in [-0.15, -0.1) is 24.0 Å². The molecule has 2 rings (SSSR count). The van der Waals surface area contributed by atoms with E-state index in [1.54, 1.807) is 7.11 Å². The van der Waals surface area contributed by atoms with E-state index in [1.165, 1.54) is 37.7 Å². The molecule has 0 aromatic heterocycles. The lowest BCUT2D eigenvalue weighted by Crippen LogP contribution is -2.44. The predicted octanol–water partition coefficient (Wildman–Crippen LogP) is 3.75. The molecular formula is C22H39IN4O2. The Labute approximate surface area is 193 Å². The summed E-state index contributed by atoms with van der Waals surface area (Å²) in [6.07, 6.45) is 7.10. The van der Waals surface area contributed by atoms with E-state index in [2.05, 4.69) is 47.1 Å². The van der Waals surface area contributed by atoms with Crippen LogP contribution in [-0.2, 0) is 11.3 Å². The smallest absolute Gasteiger partial charge is 0.191 e. The van der Waals surface area contributed by atoms with E-state index in [0.717, 1.165) is 37.7 Å². The molecule has 1 aromatic rings. The molecule has 0 radical (unpaired) electrons. The number of anilines is 1. The second kappa shape index (κ2) is 14.8. The van der Waals surface area contributed by atoms with Crippen LogP contribution in [0.25, 0.3) is 0 Å². The molecule has 1 saturated carbocycles. The van der Waals surface area contributed by atoms with Crippen LogP contribution in [0.2, 0.25) is 0 Å². The number of ether oxygens (including phenoxy) is 1. The lowest BCUT2D eigenvalue weighted by molar-refractivity contribution is 0.131. The van der Waals surface area contributed by atoms with Crippen molar-refractivity contribution >= 4 is 35.6 Å². The van der Waals surface area contributed by atoms with Crippen molar-refractivity contribution in [3.63, 3.8) is 0 Å². The first-order valence-electron chi connectivity index (χ1n) is 10.7. The number of aliphatic imine (C=N–C) groups is 1. The average Bonchev–Trinajstić information content (AvgIpc) is 2.72. The first-order valence-corrected chi connectivity index (χ1v) is 10.7. The second-order valence-corrected chi connectivity index (χ2v) is 7.70.